The lowest BCUT2D eigenvalue weighted by atomic mass is 9.92. The van der Waals surface area contributed by atoms with Gasteiger partial charge in [-0.05, 0) is 51.5 Å². The van der Waals surface area contributed by atoms with Gasteiger partial charge in [-0.25, -0.2) is 0 Å². The number of rotatable bonds is 5. The fourth-order valence-corrected chi connectivity index (χ4v) is 3.57. The number of aliphatic imine (C=N–C) groups is 1. The molecule has 138 valence electrons. The quantitative estimate of drug-likeness (QED) is 0.326. The Morgan fingerprint density at radius 2 is 1.96 bits per heavy atom. The zero-order chi connectivity index (χ0) is 16.8. The maximum Gasteiger partial charge on any atom is 0.193 e. The lowest BCUT2D eigenvalue weighted by Gasteiger charge is -2.37. The van der Waals surface area contributed by atoms with Crippen LogP contribution in [0, 0.1) is 25.7 Å². The van der Waals surface area contributed by atoms with Crippen molar-refractivity contribution in [2.75, 3.05) is 26.2 Å². The summed E-state index contributed by atoms with van der Waals surface area (Å²) in [6, 6.07) is 2.13. The Balaban J connectivity index is 0.00000288. The highest BCUT2D eigenvalue weighted by atomic mass is 127. The second-order valence-electron chi connectivity index (χ2n) is 7.09. The Hall–Kier alpha value is -0.790. The SMILES string of the molecule is CCNC(=NCCCn1nc(C)cc1C)N1CC(C)CC(C)C1.I. The Labute approximate surface area is 164 Å². The minimum Gasteiger partial charge on any atom is -0.357 e. The Kier molecular flexibility index (Phi) is 9.08. The van der Waals surface area contributed by atoms with Crippen molar-refractivity contribution in [3.8, 4) is 0 Å². The monoisotopic (exact) mass is 447 g/mol. The third kappa shape index (κ3) is 6.26. The number of halogens is 1. The first-order valence-electron chi connectivity index (χ1n) is 9.04. The summed E-state index contributed by atoms with van der Waals surface area (Å²) in [5.74, 6) is 2.58. The van der Waals surface area contributed by atoms with Gasteiger partial charge in [0.2, 0.25) is 0 Å². The van der Waals surface area contributed by atoms with Gasteiger partial charge in [-0.1, -0.05) is 13.8 Å². The molecule has 1 aliphatic heterocycles. The van der Waals surface area contributed by atoms with Crippen molar-refractivity contribution in [1.82, 2.24) is 20.0 Å². The number of hydrogen-bond donors (Lipinski definition) is 1. The molecule has 0 aliphatic carbocycles. The minimum atomic E-state index is 0. The van der Waals surface area contributed by atoms with E-state index < -0.39 is 0 Å². The van der Waals surface area contributed by atoms with E-state index in [-0.39, 0.29) is 24.0 Å². The molecule has 1 saturated heterocycles. The van der Waals surface area contributed by atoms with Crippen molar-refractivity contribution in [3.63, 3.8) is 0 Å². The second kappa shape index (κ2) is 10.3. The van der Waals surface area contributed by atoms with Crippen molar-refractivity contribution < 1.29 is 0 Å². The van der Waals surface area contributed by atoms with E-state index in [1.54, 1.807) is 0 Å². The molecule has 1 fully saturated rings. The van der Waals surface area contributed by atoms with Crippen LogP contribution in [0.5, 0.6) is 0 Å². The molecule has 2 rings (SSSR count). The van der Waals surface area contributed by atoms with Crippen LogP contribution in [0.15, 0.2) is 11.1 Å². The van der Waals surface area contributed by atoms with Gasteiger partial charge in [0.15, 0.2) is 5.96 Å². The van der Waals surface area contributed by atoms with E-state index in [0.29, 0.717) is 0 Å². The largest absolute Gasteiger partial charge is 0.357 e. The minimum absolute atomic E-state index is 0. The summed E-state index contributed by atoms with van der Waals surface area (Å²) < 4.78 is 2.09. The summed E-state index contributed by atoms with van der Waals surface area (Å²) in [5, 5.41) is 7.98. The molecule has 24 heavy (non-hydrogen) atoms. The first-order chi connectivity index (χ1) is 11.0. The molecular formula is C18H34IN5. The van der Waals surface area contributed by atoms with Gasteiger partial charge < -0.3 is 10.2 Å². The molecule has 0 amide bonds. The summed E-state index contributed by atoms with van der Waals surface area (Å²) >= 11 is 0. The zero-order valence-electron chi connectivity index (χ0n) is 15.9. The molecule has 2 atom stereocenters. The lowest BCUT2D eigenvalue weighted by Crippen LogP contribution is -2.48. The van der Waals surface area contributed by atoms with Gasteiger partial charge >= 0.3 is 0 Å². The molecule has 0 bridgehead atoms. The lowest BCUT2D eigenvalue weighted by molar-refractivity contribution is 0.208. The molecule has 0 saturated carbocycles. The van der Waals surface area contributed by atoms with E-state index in [9.17, 15) is 0 Å². The van der Waals surface area contributed by atoms with Gasteiger partial charge in [0.05, 0.1) is 5.69 Å². The average Bonchev–Trinajstić information content (AvgIpc) is 2.79. The average molecular weight is 447 g/mol. The zero-order valence-corrected chi connectivity index (χ0v) is 18.2. The molecule has 0 aromatic carbocycles. The highest BCUT2D eigenvalue weighted by Crippen LogP contribution is 2.20. The predicted octanol–water partition coefficient (Wildman–Crippen LogP) is 3.45. The molecular weight excluding hydrogens is 413 g/mol. The van der Waals surface area contributed by atoms with Crippen LogP contribution >= 0.6 is 24.0 Å². The van der Waals surface area contributed by atoms with E-state index in [2.05, 4.69) is 53.8 Å². The molecule has 0 spiro atoms. The first kappa shape index (κ1) is 21.3. The number of hydrogen-bond acceptors (Lipinski definition) is 2. The van der Waals surface area contributed by atoms with Gasteiger partial charge in [-0.2, -0.15) is 5.10 Å². The number of likely N-dealkylation sites (tertiary alicyclic amines) is 1. The third-order valence-electron chi connectivity index (χ3n) is 4.40. The van der Waals surface area contributed by atoms with Crippen LogP contribution in [0.4, 0.5) is 0 Å². The summed E-state index contributed by atoms with van der Waals surface area (Å²) in [4.78, 5) is 7.28. The molecule has 0 radical (unpaired) electrons. The van der Waals surface area contributed by atoms with Crippen molar-refractivity contribution in [1.29, 1.82) is 0 Å². The summed E-state index contributed by atoms with van der Waals surface area (Å²) in [5.41, 5.74) is 2.33. The fraction of sp³-hybridized carbons (Fsp3) is 0.778. The molecule has 1 aromatic heterocycles. The first-order valence-corrected chi connectivity index (χ1v) is 9.04. The normalized spacial score (nSPS) is 21.5. The van der Waals surface area contributed by atoms with Gasteiger partial charge in [-0.3, -0.25) is 9.67 Å². The second-order valence-corrected chi connectivity index (χ2v) is 7.09. The van der Waals surface area contributed by atoms with E-state index >= 15 is 0 Å². The van der Waals surface area contributed by atoms with Gasteiger partial charge in [-0.15, -0.1) is 24.0 Å². The van der Waals surface area contributed by atoms with Crippen LogP contribution in [0.3, 0.4) is 0 Å². The Morgan fingerprint density at radius 1 is 1.29 bits per heavy atom. The molecule has 2 heterocycles. The van der Waals surface area contributed by atoms with Crippen LogP contribution in [0.2, 0.25) is 0 Å². The number of nitrogens with one attached hydrogen (secondary N) is 1. The maximum atomic E-state index is 4.85. The Bertz CT molecular complexity index is 515. The van der Waals surface area contributed by atoms with Crippen LogP contribution in [0.1, 0.15) is 45.0 Å². The topological polar surface area (TPSA) is 45.5 Å². The molecule has 5 nitrogen and oxygen atoms in total. The number of piperidine rings is 1. The molecule has 1 aromatic rings. The van der Waals surface area contributed by atoms with Gasteiger partial charge in [0.25, 0.3) is 0 Å². The summed E-state index contributed by atoms with van der Waals surface area (Å²) in [6.45, 7) is 15.9. The fourth-order valence-electron chi connectivity index (χ4n) is 3.57. The smallest absolute Gasteiger partial charge is 0.193 e. The van der Waals surface area contributed by atoms with Crippen molar-refractivity contribution >= 4 is 29.9 Å². The molecule has 1 aliphatic rings. The van der Waals surface area contributed by atoms with Crippen LogP contribution in [-0.4, -0.2) is 46.8 Å². The van der Waals surface area contributed by atoms with E-state index in [4.69, 9.17) is 4.99 Å². The number of guanidine groups is 1. The maximum absolute atomic E-state index is 4.85. The number of aryl methyl sites for hydroxylation is 3. The third-order valence-corrected chi connectivity index (χ3v) is 4.40. The van der Waals surface area contributed by atoms with Crippen LogP contribution < -0.4 is 5.32 Å². The standard InChI is InChI=1S/C18H33N5.HI/c1-6-19-18(22-12-14(2)10-15(3)13-22)20-8-7-9-23-17(5)11-16(4)21-23;/h11,14-15H,6-10,12-13H2,1-5H3,(H,19,20);1H. The van der Waals surface area contributed by atoms with Crippen molar-refractivity contribution in [2.45, 2.75) is 54.0 Å². The van der Waals surface area contributed by atoms with E-state index in [1.807, 2.05) is 6.92 Å². The van der Waals surface area contributed by atoms with Crippen LogP contribution in [-0.2, 0) is 6.54 Å². The number of nitrogens with zero attached hydrogens (tertiary/aromatic N) is 4. The molecule has 1 N–H and O–H groups in total. The number of aromatic nitrogens is 2. The predicted molar refractivity (Wildman–Crippen MR) is 112 cm³/mol. The van der Waals surface area contributed by atoms with Gasteiger partial charge in [0.1, 0.15) is 0 Å². The molecule has 2 unspecified atom stereocenters. The Morgan fingerprint density at radius 3 is 2.50 bits per heavy atom. The highest BCUT2D eigenvalue weighted by molar-refractivity contribution is 14.0. The highest BCUT2D eigenvalue weighted by Gasteiger charge is 2.23. The van der Waals surface area contributed by atoms with E-state index in [0.717, 1.165) is 62.6 Å². The van der Waals surface area contributed by atoms with Crippen molar-refractivity contribution in [2.24, 2.45) is 16.8 Å². The van der Waals surface area contributed by atoms with Crippen LogP contribution in [0.25, 0.3) is 0 Å². The molecule has 6 heteroatoms. The van der Waals surface area contributed by atoms with Gasteiger partial charge in [0, 0.05) is 38.4 Å². The van der Waals surface area contributed by atoms with Crippen molar-refractivity contribution in [3.05, 3.63) is 17.5 Å². The van der Waals surface area contributed by atoms with E-state index in [1.165, 1.54) is 12.1 Å². The summed E-state index contributed by atoms with van der Waals surface area (Å²) in [7, 11) is 0. The summed E-state index contributed by atoms with van der Waals surface area (Å²) in [6.07, 6.45) is 2.35.